The first kappa shape index (κ1) is 22.9. The Morgan fingerprint density at radius 1 is 1.03 bits per heavy atom. The number of methoxy groups -OCH3 is 1. The molecule has 3 aromatic carbocycles. The van der Waals surface area contributed by atoms with E-state index in [2.05, 4.69) is 38.2 Å². The highest BCUT2D eigenvalue weighted by Gasteiger charge is 2.34. The molecule has 4 rings (SSSR count). The lowest BCUT2D eigenvalue weighted by Gasteiger charge is -2.26. The first-order valence-electron chi connectivity index (χ1n) is 10.9. The van der Waals surface area contributed by atoms with Gasteiger partial charge in [-0.3, -0.25) is 14.5 Å². The Morgan fingerprint density at radius 3 is 2.36 bits per heavy atom. The maximum absolute atomic E-state index is 12.8. The summed E-state index contributed by atoms with van der Waals surface area (Å²) in [6.07, 6.45) is 0. The maximum atomic E-state index is 12.8. The van der Waals surface area contributed by atoms with Crippen molar-refractivity contribution in [1.29, 1.82) is 0 Å². The number of hydrogen-bond donors (Lipinski definition) is 1. The molecular formula is C27H28N2O3S. The predicted octanol–water partition coefficient (Wildman–Crippen LogP) is 6.02. The molecule has 6 heteroatoms. The summed E-state index contributed by atoms with van der Waals surface area (Å²) < 4.78 is 5.15. The first-order valence-corrected chi connectivity index (χ1v) is 11.9. The lowest BCUT2D eigenvalue weighted by molar-refractivity contribution is -0.115. The van der Waals surface area contributed by atoms with E-state index in [1.807, 2.05) is 41.3 Å². The van der Waals surface area contributed by atoms with Crippen LogP contribution < -0.4 is 15.0 Å². The average Bonchev–Trinajstić information content (AvgIpc) is 3.20. The third-order valence-electron chi connectivity index (χ3n) is 5.66. The summed E-state index contributed by atoms with van der Waals surface area (Å²) in [5.74, 6) is 1.02. The molecule has 2 amide bonds. The summed E-state index contributed by atoms with van der Waals surface area (Å²) in [4.78, 5) is 27.3. The summed E-state index contributed by atoms with van der Waals surface area (Å²) in [6, 6.07) is 22.9. The van der Waals surface area contributed by atoms with Crippen LogP contribution in [0.5, 0.6) is 5.75 Å². The van der Waals surface area contributed by atoms with Crippen LogP contribution in [0.3, 0.4) is 0 Å². The SMILES string of the molecule is COc1ccc(C(=O)Nc2cccc([C@@H]3SCC(=O)N3c3ccc(C(C)(C)C)cc3)c2)cc1. The van der Waals surface area contributed by atoms with Gasteiger partial charge in [-0.05, 0) is 65.1 Å². The molecule has 1 fully saturated rings. The standard InChI is InChI=1S/C27H28N2O3S/c1-27(2,3)20-10-12-22(13-11-20)29-24(30)17-33-26(29)19-6-5-7-21(16-19)28-25(31)18-8-14-23(32-4)15-9-18/h5-16,26H,17H2,1-4H3,(H,28,31)/t26-/m0/s1. The van der Waals surface area contributed by atoms with Crippen LogP contribution in [0.4, 0.5) is 11.4 Å². The van der Waals surface area contributed by atoms with Crippen molar-refractivity contribution in [2.24, 2.45) is 0 Å². The van der Waals surface area contributed by atoms with Gasteiger partial charge in [-0.1, -0.05) is 45.0 Å². The van der Waals surface area contributed by atoms with Crippen molar-refractivity contribution in [2.45, 2.75) is 31.6 Å². The number of carbonyl (C=O) groups is 2. The van der Waals surface area contributed by atoms with E-state index in [1.165, 1.54) is 5.56 Å². The van der Waals surface area contributed by atoms with E-state index in [9.17, 15) is 9.59 Å². The van der Waals surface area contributed by atoms with E-state index < -0.39 is 0 Å². The van der Waals surface area contributed by atoms with Gasteiger partial charge >= 0.3 is 0 Å². The molecule has 5 nitrogen and oxygen atoms in total. The number of benzene rings is 3. The minimum Gasteiger partial charge on any atom is -0.497 e. The first-order chi connectivity index (χ1) is 15.8. The third-order valence-corrected chi connectivity index (χ3v) is 6.87. The van der Waals surface area contributed by atoms with Crippen molar-refractivity contribution in [3.63, 3.8) is 0 Å². The van der Waals surface area contributed by atoms with Gasteiger partial charge in [-0.25, -0.2) is 0 Å². The Hall–Kier alpha value is -3.25. The fourth-order valence-electron chi connectivity index (χ4n) is 3.79. The third kappa shape index (κ3) is 5.06. The summed E-state index contributed by atoms with van der Waals surface area (Å²) >= 11 is 1.59. The number of carbonyl (C=O) groups excluding carboxylic acids is 2. The highest BCUT2D eigenvalue weighted by atomic mass is 32.2. The van der Waals surface area contributed by atoms with E-state index in [0.717, 1.165) is 11.3 Å². The molecule has 0 unspecified atom stereocenters. The van der Waals surface area contributed by atoms with Crippen LogP contribution in [0, 0.1) is 0 Å². The van der Waals surface area contributed by atoms with Gasteiger partial charge in [0.1, 0.15) is 11.1 Å². The highest BCUT2D eigenvalue weighted by molar-refractivity contribution is 8.00. The van der Waals surface area contributed by atoms with Gasteiger partial charge < -0.3 is 10.1 Å². The van der Waals surface area contributed by atoms with Crippen LogP contribution in [0.15, 0.2) is 72.8 Å². The van der Waals surface area contributed by atoms with Gasteiger partial charge in [0.2, 0.25) is 5.91 Å². The van der Waals surface area contributed by atoms with E-state index in [0.29, 0.717) is 22.8 Å². The second-order valence-corrected chi connectivity index (χ2v) is 10.1. The molecule has 0 aliphatic carbocycles. The van der Waals surface area contributed by atoms with Crippen LogP contribution in [-0.2, 0) is 10.2 Å². The van der Waals surface area contributed by atoms with Gasteiger partial charge in [0.05, 0.1) is 12.9 Å². The molecule has 0 saturated carbocycles. The molecule has 1 heterocycles. The van der Waals surface area contributed by atoms with Crippen molar-refractivity contribution >= 4 is 35.0 Å². The molecule has 0 aromatic heterocycles. The largest absolute Gasteiger partial charge is 0.497 e. The second-order valence-electron chi connectivity index (χ2n) is 9.03. The molecule has 33 heavy (non-hydrogen) atoms. The van der Waals surface area contributed by atoms with Gasteiger partial charge in [0, 0.05) is 16.9 Å². The Morgan fingerprint density at radius 2 is 1.73 bits per heavy atom. The van der Waals surface area contributed by atoms with Crippen LogP contribution in [-0.4, -0.2) is 24.7 Å². The Balaban J connectivity index is 1.55. The molecule has 0 spiro atoms. The lowest BCUT2D eigenvalue weighted by atomic mass is 9.87. The number of nitrogens with zero attached hydrogens (tertiary/aromatic N) is 1. The minimum absolute atomic E-state index is 0.0537. The molecule has 0 radical (unpaired) electrons. The fraction of sp³-hybridized carbons (Fsp3) is 0.259. The molecule has 170 valence electrons. The molecule has 0 bridgehead atoms. The topological polar surface area (TPSA) is 58.6 Å². The van der Waals surface area contributed by atoms with Crippen molar-refractivity contribution in [3.8, 4) is 5.75 Å². The monoisotopic (exact) mass is 460 g/mol. The summed E-state index contributed by atoms with van der Waals surface area (Å²) in [7, 11) is 1.59. The normalized spacial score (nSPS) is 16.1. The Bertz CT molecular complexity index is 1150. The number of nitrogens with one attached hydrogen (secondary N) is 1. The number of anilines is 2. The van der Waals surface area contributed by atoms with Crippen molar-refractivity contribution in [3.05, 3.63) is 89.5 Å². The van der Waals surface area contributed by atoms with Crippen molar-refractivity contribution in [1.82, 2.24) is 0 Å². The zero-order valence-corrected chi connectivity index (χ0v) is 20.1. The highest BCUT2D eigenvalue weighted by Crippen LogP contribution is 2.42. The summed E-state index contributed by atoms with van der Waals surface area (Å²) in [5.41, 5.74) is 4.38. The van der Waals surface area contributed by atoms with Gasteiger partial charge in [-0.2, -0.15) is 0 Å². The molecule has 3 aromatic rings. The number of amides is 2. The summed E-state index contributed by atoms with van der Waals surface area (Å²) in [6.45, 7) is 6.52. The van der Waals surface area contributed by atoms with E-state index in [-0.39, 0.29) is 22.6 Å². The number of hydrogen-bond acceptors (Lipinski definition) is 4. The summed E-state index contributed by atoms with van der Waals surface area (Å²) in [5, 5.41) is 2.81. The molecule has 1 N–H and O–H groups in total. The zero-order chi connectivity index (χ0) is 23.6. The number of thioether (sulfide) groups is 1. The fourth-order valence-corrected chi connectivity index (χ4v) is 4.95. The van der Waals surface area contributed by atoms with E-state index >= 15 is 0 Å². The van der Waals surface area contributed by atoms with Crippen molar-refractivity contribution < 1.29 is 14.3 Å². The van der Waals surface area contributed by atoms with Crippen LogP contribution in [0.1, 0.15) is 47.6 Å². The number of ether oxygens (including phenoxy) is 1. The van der Waals surface area contributed by atoms with Gasteiger partial charge in [0.25, 0.3) is 5.91 Å². The molecule has 1 aliphatic rings. The van der Waals surface area contributed by atoms with Gasteiger partial charge in [0.15, 0.2) is 0 Å². The predicted molar refractivity (Wildman–Crippen MR) is 135 cm³/mol. The van der Waals surface area contributed by atoms with Crippen LogP contribution in [0.2, 0.25) is 0 Å². The van der Waals surface area contributed by atoms with E-state index in [1.54, 1.807) is 43.1 Å². The average molecular weight is 461 g/mol. The van der Waals surface area contributed by atoms with Gasteiger partial charge in [-0.15, -0.1) is 11.8 Å². The molecule has 1 aliphatic heterocycles. The van der Waals surface area contributed by atoms with Crippen LogP contribution >= 0.6 is 11.8 Å². The Kier molecular flexibility index (Phi) is 6.47. The molecule has 1 saturated heterocycles. The smallest absolute Gasteiger partial charge is 0.255 e. The van der Waals surface area contributed by atoms with E-state index in [4.69, 9.17) is 4.74 Å². The Labute approximate surface area is 199 Å². The van der Waals surface area contributed by atoms with Crippen LogP contribution in [0.25, 0.3) is 0 Å². The number of rotatable bonds is 5. The quantitative estimate of drug-likeness (QED) is 0.506. The second kappa shape index (κ2) is 9.32. The molecule has 1 atom stereocenters. The van der Waals surface area contributed by atoms with Crippen molar-refractivity contribution in [2.75, 3.05) is 23.1 Å². The molecular weight excluding hydrogens is 432 g/mol. The zero-order valence-electron chi connectivity index (χ0n) is 19.3. The lowest BCUT2D eigenvalue weighted by Crippen LogP contribution is -2.28. The maximum Gasteiger partial charge on any atom is 0.255 e. The minimum atomic E-state index is -0.195.